The van der Waals surface area contributed by atoms with Crippen LogP contribution in [0.2, 0.25) is 0 Å². The number of rotatable bonds is 5. The highest BCUT2D eigenvalue weighted by atomic mass is 19.1. The molecule has 1 aromatic heterocycles. The van der Waals surface area contributed by atoms with Gasteiger partial charge in [-0.15, -0.1) is 5.10 Å². The molecule has 0 saturated heterocycles. The molecular weight excluding hydrogens is 328 g/mol. The summed E-state index contributed by atoms with van der Waals surface area (Å²) in [5.41, 5.74) is 1.34. The van der Waals surface area contributed by atoms with Gasteiger partial charge in [0.05, 0.1) is 19.2 Å². The second kappa shape index (κ2) is 7.05. The number of methoxy groups -OCH3 is 1. The molecule has 6 nitrogen and oxygen atoms in total. The number of hydrogen-bond donors (Lipinski definition) is 0. The Kier molecular flexibility index (Phi) is 4.66. The molecule has 126 valence electrons. The lowest BCUT2D eigenvalue weighted by molar-refractivity contribution is 0.386. The molecule has 2 aromatic carbocycles. The maximum absolute atomic E-state index is 13.8. The molecule has 8 heteroatoms. The third-order valence-electron chi connectivity index (χ3n) is 3.67. The highest BCUT2D eigenvalue weighted by Crippen LogP contribution is 2.19. The molecular formula is C17H13F2N5O. The second-order valence-corrected chi connectivity index (χ2v) is 5.32. The third-order valence-corrected chi connectivity index (χ3v) is 3.67. The smallest absolute Gasteiger partial charge is 0.165 e. The van der Waals surface area contributed by atoms with Crippen molar-refractivity contribution in [2.24, 2.45) is 0 Å². The molecule has 0 amide bonds. The van der Waals surface area contributed by atoms with Crippen LogP contribution in [0.3, 0.4) is 0 Å². The minimum absolute atomic E-state index is 0.0376. The molecule has 0 bridgehead atoms. The molecule has 0 atom stereocenters. The van der Waals surface area contributed by atoms with Crippen molar-refractivity contribution in [2.75, 3.05) is 7.11 Å². The van der Waals surface area contributed by atoms with Gasteiger partial charge in [-0.3, -0.25) is 0 Å². The zero-order valence-electron chi connectivity index (χ0n) is 13.3. The van der Waals surface area contributed by atoms with E-state index in [1.807, 2.05) is 0 Å². The summed E-state index contributed by atoms with van der Waals surface area (Å²) in [5.74, 6) is -0.348. The van der Waals surface area contributed by atoms with Gasteiger partial charge < -0.3 is 4.74 Å². The zero-order chi connectivity index (χ0) is 17.8. The van der Waals surface area contributed by atoms with Gasteiger partial charge in [-0.2, -0.15) is 5.26 Å². The second-order valence-electron chi connectivity index (χ2n) is 5.32. The van der Waals surface area contributed by atoms with Crippen molar-refractivity contribution in [3.63, 3.8) is 0 Å². The van der Waals surface area contributed by atoms with Gasteiger partial charge in [-0.25, -0.2) is 13.5 Å². The normalized spacial score (nSPS) is 10.5. The van der Waals surface area contributed by atoms with Crippen LogP contribution in [0.1, 0.15) is 22.5 Å². The van der Waals surface area contributed by atoms with Crippen LogP contribution in [-0.2, 0) is 13.0 Å². The molecule has 0 aliphatic carbocycles. The minimum Gasteiger partial charge on any atom is -0.494 e. The van der Waals surface area contributed by atoms with Crippen LogP contribution >= 0.6 is 0 Å². The van der Waals surface area contributed by atoms with E-state index in [4.69, 9.17) is 10.00 Å². The number of nitrogens with zero attached hydrogens (tertiary/aromatic N) is 5. The third kappa shape index (κ3) is 3.61. The lowest BCUT2D eigenvalue weighted by atomic mass is 10.1. The molecule has 0 unspecified atom stereocenters. The number of aromatic nitrogens is 4. The van der Waals surface area contributed by atoms with Gasteiger partial charge >= 0.3 is 0 Å². The average molecular weight is 341 g/mol. The number of tetrazole rings is 1. The van der Waals surface area contributed by atoms with E-state index < -0.39 is 11.6 Å². The van der Waals surface area contributed by atoms with Crippen LogP contribution in [-0.4, -0.2) is 27.3 Å². The van der Waals surface area contributed by atoms with Crippen molar-refractivity contribution >= 4 is 0 Å². The quantitative estimate of drug-likeness (QED) is 0.712. The monoisotopic (exact) mass is 341 g/mol. The fourth-order valence-electron chi connectivity index (χ4n) is 2.40. The topological polar surface area (TPSA) is 76.6 Å². The first-order valence-corrected chi connectivity index (χ1v) is 7.36. The summed E-state index contributed by atoms with van der Waals surface area (Å²) in [6.45, 7) is 0.274. The summed E-state index contributed by atoms with van der Waals surface area (Å²) in [6, 6.07) is 10.7. The first-order valence-electron chi connectivity index (χ1n) is 7.36. The molecule has 0 fully saturated rings. The van der Waals surface area contributed by atoms with Crippen molar-refractivity contribution in [1.29, 1.82) is 5.26 Å². The van der Waals surface area contributed by atoms with E-state index in [-0.39, 0.29) is 17.9 Å². The Labute approximate surface area is 142 Å². The highest BCUT2D eigenvalue weighted by molar-refractivity contribution is 5.34. The summed E-state index contributed by atoms with van der Waals surface area (Å²) in [7, 11) is 1.40. The van der Waals surface area contributed by atoms with Gasteiger partial charge in [-0.05, 0) is 45.8 Å². The van der Waals surface area contributed by atoms with Crippen molar-refractivity contribution < 1.29 is 13.5 Å². The van der Waals surface area contributed by atoms with Gasteiger partial charge in [0.25, 0.3) is 0 Å². The average Bonchev–Trinajstić information content (AvgIpc) is 3.03. The van der Waals surface area contributed by atoms with Crippen LogP contribution in [0.15, 0.2) is 36.4 Å². The van der Waals surface area contributed by atoms with Gasteiger partial charge in [0, 0.05) is 6.42 Å². The number of hydrogen-bond acceptors (Lipinski definition) is 5. The van der Waals surface area contributed by atoms with Crippen LogP contribution in [0.4, 0.5) is 8.78 Å². The van der Waals surface area contributed by atoms with E-state index in [1.54, 1.807) is 18.2 Å². The summed E-state index contributed by atoms with van der Waals surface area (Å²) in [5, 5.41) is 20.4. The lowest BCUT2D eigenvalue weighted by Gasteiger charge is -2.07. The molecule has 3 aromatic rings. The van der Waals surface area contributed by atoms with Crippen LogP contribution < -0.4 is 4.74 Å². The van der Waals surface area contributed by atoms with E-state index in [0.29, 0.717) is 23.4 Å². The van der Waals surface area contributed by atoms with E-state index in [1.165, 1.54) is 36.1 Å². The Morgan fingerprint density at radius 1 is 1.12 bits per heavy atom. The molecule has 0 aliphatic rings. The first kappa shape index (κ1) is 16.5. The Morgan fingerprint density at radius 2 is 1.92 bits per heavy atom. The number of ether oxygens (including phenoxy) is 1. The number of nitriles is 1. The maximum atomic E-state index is 13.8. The van der Waals surface area contributed by atoms with Crippen molar-refractivity contribution in [1.82, 2.24) is 20.2 Å². The Morgan fingerprint density at radius 3 is 2.64 bits per heavy atom. The lowest BCUT2D eigenvalue weighted by Crippen LogP contribution is -2.08. The van der Waals surface area contributed by atoms with Gasteiger partial charge in [-0.1, -0.05) is 12.1 Å². The predicted molar refractivity (Wildman–Crippen MR) is 83.8 cm³/mol. The Bertz CT molecular complexity index is 948. The predicted octanol–water partition coefficient (Wildman–Crippen LogP) is 2.47. The molecule has 3 rings (SSSR count). The molecule has 25 heavy (non-hydrogen) atoms. The van der Waals surface area contributed by atoms with Gasteiger partial charge in [0.1, 0.15) is 11.9 Å². The van der Waals surface area contributed by atoms with Gasteiger partial charge in [0.2, 0.25) is 0 Å². The fourth-order valence-corrected chi connectivity index (χ4v) is 2.40. The fraction of sp³-hybridized carbons (Fsp3) is 0.176. The molecule has 0 radical (unpaired) electrons. The van der Waals surface area contributed by atoms with E-state index in [0.717, 1.165) is 0 Å². The largest absolute Gasteiger partial charge is 0.494 e. The highest BCUT2D eigenvalue weighted by Gasteiger charge is 2.11. The zero-order valence-corrected chi connectivity index (χ0v) is 13.3. The summed E-state index contributed by atoms with van der Waals surface area (Å²) in [4.78, 5) is 0. The van der Waals surface area contributed by atoms with Crippen molar-refractivity contribution in [3.8, 4) is 11.8 Å². The molecule has 0 spiro atoms. The first-order chi connectivity index (χ1) is 12.1. The SMILES string of the molecule is COc1ccc(Cc2nnnn2Cc2ccc(F)c(C#N)c2)cc1F. The Balaban J connectivity index is 1.81. The van der Waals surface area contributed by atoms with Crippen molar-refractivity contribution in [3.05, 3.63) is 70.5 Å². The summed E-state index contributed by atoms with van der Waals surface area (Å²) < 4.78 is 33.6. The molecule has 0 saturated carbocycles. The van der Waals surface area contributed by atoms with Crippen LogP contribution in [0, 0.1) is 23.0 Å². The van der Waals surface area contributed by atoms with E-state index in [9.17, 15) is 8.78 Å². The molecule has 0 N–H and O–H groups in total. The molecule has 0 aliphatic heterocycles. The maximum Gasteiger partial charge on any atom is 0.165 e. The number of halogens is 2. The van der Waals surface area contributed by atoms with Gasteiger partial charge in [0.15, 0.2) is 17.4 Å². The number of benzene rings is 2. The van der Waals surface area contributed by atoms with Crippen LogP contribution in [0.5, 0.6) is 5.75 Å². The standard InChI is InChI=1S/C17H13F2N5O/c1-25-16-5-3-11(7-15(16)19)8-17-21-22-23-24(17)10-12-2-4-14(18)13(6-12)9-20/h2-7H,8,10H2,1H3. The van der Waals surface area contributed by atoms with E-state index >= 15 is 0 Å². The van der Waals surface area contributed by atoms with Crippen LogP contribution in [0.25, 0.3) is 0 Å². The minimum atomic E-state index is -0.572. The Hall–Kier alpha value is -3.34. The summed E-state index contributed by atoms with van der Waals surface area (Å²) >= 11 is 0. The molecule has 1 heterocycles. The van der Waals surface area contributed by atoms with E-state index in [2.05, 4.69) is 15.5 Å². The summed E-state index contributed by atoms with van der Waals surface area (Å²) in [6.07, 6.45) is 0.320. The van der Waals surface area contributed by atoms with Crippen molar-refractivity contribution in [2.45, 2.75) is 13.0 Å².